The van der Waals surface area contributed by atoms with Crippen LogP contribution in [-0.2, 0) is 28.2 Å². The Kier molecular flexibility index (Phi) is 33.3. The largest absolute Gasteiger partial charge is 0.469 e. The van der Waals surface area contributed by atoms with Gasteiger partial charge in [0.05, 0.1) is 6.61 Å². The molecule has 0 bridgehead atoms. The molecule has 0 heterocycles. The summed E-state index contributed by atoms with van der Waals surface area (Å²) >= 11 is 0. The van der Waals surface area contributed by atoms with Gasteiger partial charge in [0.1, 0.15) is 6.61 Å². The average Bonchev–Trinajstić information content (AvgIpc) is 3.04. The highest BCUT2D eigenvalue weighted by Gasteiger charge is 2.22. The number of carbonyl (C=O) groups is 2. The predicted octanol–water partition coefficient (Wildman–Crippen LogP) is 11.2. The van der Waals surface area contributed by atoms with Crippen molar-refractivity contribution >= 4 is 19.8 Å². The number of hydrogen-bond acceptors (Lipinski definition) is 6. The highest BCUT2D eigenvalue weighted by atomic mass is 31.2. The SMILES string of the molecule is CCCCC/C=C\C/C=C\CCCCCCCCCC(=O)OC(COC(=O)CCCCCCCCCCCCCC)COP(=O)(O)O. The van der Waals surface area contributed by atoms with E-state index in [1.165, 1.54) is 103 Å². The second-order valence-electron chi connectivity index (χ2n) is 12.9. The summed E-state index contributed by atoms with van der Waals surface area (Å²) in [6.45, 7) is 3.65. The summed E-state index contributed by atoms with van der Waals surface area (Å²) in [5.41, 5.74) is 0. The lowest BCUT2D eigenvalue weighted by Gasteiger charge is -2.18. The molecule has 9 heteroatoms. The maximum absolute atomic E-state index is 12.4. The molecule has 0 amide bonds. The summed E-state index contributed by atoms with van der Waals surface area (Å²) in [7, 11) is -4.75. The minimum absolute atomic E-state index is 0.205. The van der Waals surface area contributed by atoms with E-state index in [1.807, 2.05) is 0 Å². The maximum Gasteiger partial charge on any atom is 0.469 e. The molecule has 0 radical (unpaired) electrons. The maximum atomic E-state index is 12.4. The average molecular weight is 687 g/mol. The zero-order valence-corrected chi connectivity index (χ0v) is 31.1. The van der Waals surface area contributed by atoms with Crippen LogP contribution < -0.4 is 0 Å². The zero-order valence-electron chi connectivity index (χ0n) is 30.2. The first kappa shape index (κ1) is 45.5. The number of esters is 2. The van der Waals surface area contributed by atoms with Crippen molar-refractivity contribution in [3.05, 3.63) is 24.3 Å². The van der Waals surface area contributed by atoms with Gasteiger partial charge in [0.2, 0.25) is 0 Å². The number of carbonyl (C=O) groups excluding carboxylic acids is 2. The Morgan fingerprint density at radius 1 is 0.553 bits per heavy atom. The van der Waals surface area contributed by atoms with E-state index >= 15 is 0 Å². The van der Waals surface area contributed by atoms with Crippen LogP contribution in [0.2, 0.25) is 0 Å². The predicted molar refractivity (Wildman–Crippen MR) is 193 cm³/mol. The van der Waals surface area contributed by atoms with E-state index in [0.29, 0.717) is 6.42 Å². The van der Waals surface area contributed by atoms with Crippen molar-refractivity contribution in [2.24, 2.45) is 0 Å². The van der Waals surface area contributed by atoms with Crippen LogP contribution in [0.15, 0.2) is 24.3 Å². The molecule has 0 spiro atoms. The topological polar surface area (TPSA) is 119 Å². The number of rotatable bonds is 35. The molecule has 1 atom stereocenters. The Hall–Kier alpha value is -1.47. The molecule has 0 saturated heterocycles. The monoisotopic (exact) mass is 686 g/mol. The molecule has 0 aliphatic heterocycles. The minimum atomic E-state index is -4.75. The van der Waals surface area contributed by atoms with Crippen LogP contribution in [-0.4, -0.2) is 41.0 Å². The van der Waals surface area contributed by atoms with Crippen LogP contribution in [0.4, 0.5) is 0 Å². The summed E-state index contributed by atoms with van der Waals surface area (Å²) in [4.78, 5) is 42.7. The van der Waals surface area contributed by atoms with Crippen molar-refractivity contribution in [3.63, 3.8) is 0 Å². The molecule has 0 aliphatic carbocycles. The summed E-state index contributed by atoms with van der Waals surface area (Å²) in [6, 6.07) is 0. The fraction of sp³-hybridized carbons (Fsp3) is 0.842. The van der Waals surface area contributed by atoms with Crippen LogP contribution in [0.25, 0.3) is 0 Å². The summed E-state index contributed by atoms with van der Waals surface area (Å²) in [6.07, 6.45) is 37.5. The van der Waals surface area contributed by atoms with E-state index < -0.39 is 32.5 Å². The fourth-order valence-corrected chi connectivity index (χ4v) is 5.70. The normalized spacial score (nSPS) is 12.7. The first-order valence-corrected chi connectivity index (χ1v) is 20.7. The van der Waals surface area contributed by atoms with Crippen molar-refractivity contribution in [1.82, 2.24) is 0 Å². The number of phosphoric acid groups is 1. The van der Waals surface area contributed by atoms with Crippen LogP contribution >= 0.6 is 7.82 Å². The third-order valence-electron chi connectivity index (χ3n) is 8.22. The number of phosphoric ester groups is 1. The van der Waals surface area contributed by atoms with E-state index in [1.54, 1.807) is 0 Å². The molecule has 1 unspecified atom stereocenters. The highest BCUT2D eigenvalue weighted by Crippen LogP contribution is 2.36. The van der Waals surface area contributed by atoms with Gasteiger partial charge in [0, 0.05) is 12.8 Å². The van der Waals surface area contributed by atoms with Gasteiger partial charge in [-0.15, -0.1) is 0 Å². The van der Waals surface area contributed by atoms with Crippen LogP contribution in [0.1, 0.15) is 187 Å². The van der Waals surface area contributed by atoms with Crippen molar-refractivity contribution < 1.29 is 37.9 Å². The van der Waals surface area contributed by atoms with Crippen molar-refractivity contribution in [3.8, 4) is 0 Å². The lowest BCUT2D eigenvalue weighted by molar-refractivity contribution is -0.161. The van der Waals surface area contributed by atoms with Gasteiger partial charge in [-0.05, 0) is 44.9 Å². The molecule has 0 aromatic carbocycles. The van der Waals surface area contributed by atoms with E-state index in [4.69, 9.17) is 19.3 Å². The molecule has 0 aromatic rings. The molecule has 276 valence electrons. The molecule has 0 saturated carbocycles. The van der Waals surface area contributed by atoms with E-state index in [2.05, 4.69) is 42.7 Å². The molecule has 0 fully saturated rings. The van der Waals surface area contributed by atoms with Crippen LogP contribution in [0, 0.1) is 0 Å². The van der Waals surface area contributed by atoms with Gasteiger partial charge in [-0.3, -0.25) is 14.1 Å². The lowest BCUT2D eigenvalue weighted by Crippen LogP contribution is -2.29. The van der Waals surface area contributed by atoms with Gasteiger partial charge in [0.15, 0.2) is 6.10 Å². The lowest BCUT2D eigenvalue weighted by atomic mass is 10.0. The molecule has 0 rings (SSSR count). The third-order valence-corrected chi connectivity index (χ3v) is 8.71. The Morgan fingerprint density at radius 2 is 0.957 bits per heavy atom. The zero-order chi connectivity index (χ0) is 34.7. The summed E-state index contributed by atoms with van der Waals surface area (Å²) < 4.78 is 26.3. The van der Waals surface area contributed by atoms with Gasteiger partial charge >= 0.3 is 19.8 Å². The van der Waals surface area contributed by atoms with Gasteiger partial charge < -0.3 is 19.3 Å². The van der Waals surface area contributed by atoms with E-state index in [0.717, 1.165) is 51.4 Å². The number of unbranched alkanes of at least 4 members (excludes halogenated alkanes) is 21. The Bertz CT molecular complexity index is 823. The first-order valence-electron chi connectivity index (χ1n) is 19.1. The van der Waals surface area contributed by atoms with Crippen molar-refractivity contribution in [2.45, 2.75) is 193 Å². The van der Waals surface area contributed by atoms with Crippen molar-refractivity contribution in [1.29, 1.82) is 0 Å². The number of hydrogen-bond donors (Lipinski definition) is 2. The third kappa shape index (κ3) is 37.2. The standard InChI is InChI=1S/C38H71O8P/c1-3-5-7-9-11-13-15-17-18-19-20-21-23-25-27-29-31-33-38(40)46-36(35-45-47(41,42)43)34-44-37(39)32-30-28-26-24-22-16-14-12-10-8-6-4-2/h11,13,17-18,36H,3-10,12,14-16,19-35H2,1-2H3,(H2,41,42,43)/b13-11-,18-17-. The Morgan fingerprint density at radius 3 is 1.45 bits per heavy atom. The second kappa shape index (κ2) is 34.4. The number of ether oxygens (including phenoxy) is 2. The minimum Gasteiger partial charge on any atom is -0.462 e. The Balaban J connectivity index is 3.95. The van der Waals surface area contributed by atoms with E-state index in [9.17, 15) is 14.2 Å². The highest BCUT2D eigenvalue weighted by molar-refractivity contribution is 7.46. The Labute approximate surface area is 288 Å². The molecule has 2 N–H and O–H groups in total. The summed E-state index contributed by atoms with van der Waals surface area (Å²) in [5.74, 6) is -0.889. The van der Waals surface area contributed by atoms with Crippen LogP contribution in [0.3, 0.4) is 0 Å². The molecule has 8 nitrogen and oxygen atoms in total. The van der Waals surface area contributed by atoms with Gasteiger partial charge in [-0.1, -0.05) is 154 Å². The van der Waals surface area contributed by atoms with Gasteiger partial charge in [-0.25, -0.2) is 4.57 Å². The molecule has 0 aromatic heterocycles. The quantitative estimate of drug-likeness (QED) is 0.0292. The van der Waals surface area contributed by atoms with Gasteiger partial charge in [-0.2, -0.15) is 0 Å². The molecule has 0 aliphatic rings. The second-order valence-corrected chi connectivity index (χ2v) is 14.1. The van der Waals surface area contributed by atoms with E-state index in [-0.39, 0.29) is 19.4 Å². The number of allylic oxidation sites excluding steroid dienone is 4. The molecular formula is C38H71O8P. The first-order chi connectivity index (χ1) is 22.8. The fourth-order valence-electron chi connectivity index (χ4n) is 5.34. The molecule has 47 heavy (non-hydrogen) atoms. The molecular weight excluding hydrogens is 615 g/mol. The van der Waals surface area contributed by atoms with Crippen LogP contribution in [0.5, 0.6) is 0 Å². The van der Waals surface area contributed by atoms with Gasteiger partial charge in [0.25, 0.3) is 0 Å². The smallest absolute Gasteiger partial charge is 0.462 e. The summed E-state index contributed by atoms with van der Waals surface area (Å²) in [5, 5.41) is 0. The van der Waals surface area contributed by atoms with Crippen molar-refractivity contribution in [2.75, 3.05) is 13.2 Å².